The van der Waals surface area contributed by atoms with E-state index in [4.69, 9.17) is 11.6 Å². The Labute approximate surface area is 228 Å². The molecule has 0 spiro atoms. The lowest BCUT2D eigenvalue weighted by atomic mass is 9.47. The van der Waals surface area contributed by atoms with Crippen LogP contribution < -0.4 is 5.32 Å². The zero-order valence-electron chi connectivity index (χ0n) is 21.8. The van der Waals surface area contributed by atoms with Crippen LogP contribution in [-0.4, -0.2) is 24.0 Å². The largest absolute Gasteiger partial charge is 0.424 e. The summed E-state index contributed by atoms with van der Waals surface area (Å²) >= 11 is 5.74. The Hall–Kier alpha value is -2.03. The van der Waals surface area contributed by atoms with E-state index >= 15 is 0 Å². The average Bonchev–Trinajstić information content (AvgIpc) is 3.19. The number of rotatable bonds is 3. The average molecular weight is 576 g/mol. The van der Waals surface area contributed by atoms with Gasteiger partial charge in [-0.15, -0.1) is 0 Å². The molecule has 3 fully saturated rings. The smallest absolute Gasteiger partial charge is 0.331 e. The second kappa shape index (κ2) is 9.25. The van der Waals surface area contributed by atoms with Crippen molar-refractivity contribution in [1.82, 2.24) is 5.32 Å². The van der Waals surface area contributed by atoms with Gasteiger partial charge in [-0.05, 0) is 97.3 Å². The lowest BCUT2D eigenvalue weighted by molar-refractivity contribution is -0.312. The summed E-state index contributed by atoms with van der Waals surface area (Å²) in [4.78, 5) is 25.6. The van der Waals surface area contributed by atoms with Crippen molar-refractivity contribution in [2.45, 2.75) is 83.1 Å². The maximum absolute atomic E-state index is 14.4. The standard InChI is InChI=1S/C29H32ClF6NO2/c1-25-13-11-19(38)15-17(25)5-8-20-21-9-10-23(26(21,2)14-12-22(20)25)24(39)37-27(28(31,32)33,29(34,35)36)16-3-6-18(30)7-4-16/h3-4,6-7,15,20-23H,5,8-14H2,1-2H3,(H,37,39)/t20-,21-,22-,23+,25-,26-/m0/s1. The second-order valence-corrected chi connectivity index (χ2v) is 12.8. The number of benzene rings is 1. The number of hydrogen-bond donors (Lipinski definition) is 1. The quantitative estimate of drug-likeness (QED) is 0.372. The molecule has 0 heterocycles. The molecule has 4 aliphatic rings. The predicted molar refractivity (Wildman–Crippen MR) is 134 cm³/mol. The summed E-state index contributed by atoms with van der Waals surface area (Å²) in [6.07, 6.45) is -5.01. The Bertz CT molecular complexity index is 1180. The zero-order valence-corrected chi connectivity index (χ0v) is 22.6. The molecule has 4 aliphatic carbocycles. The van der Waals surface area contributed by atoms with Gasteiger partial charge in [0.2, 0.25) is 5.91 Å². The Kier molecular flexibility index (Phi) is 6.76. The van der Waals surface area contributed by atoms with Gasteiger partial charge in [0, 0.05) is 17.4 Å². The molecule has 0 radical (unpaired) electrons. The third-order valence-corrected chi connectivity index (χ3v) is 11.0. The first-order valence-electron chi connectivity index (χ1n) is 13.5. The Morgan fingerprint density at radius 1 is 0.897 bits per heavy atom. The Morgan fingerprint density at radius 3 is 2.15 bits per heavy atom. The van der Waals surface area contributed by atoms with Crippen LogP contribution in [0.2, 0.25) is 5.02 Å². The van der Waals surface area contributed by atoms with E-state index in [2.05, 4.69) is 6.92 Å². The van der Waals surface area contributed by atoms with Gasteiger partial charge in [0.15, 0.2) is 5.78 Å². The Balaban J connectivity index is 1.46. The third kappa shape index (κ3) is 4.24. The molecule has 1 aromatic rings. The van der Waals surface area contributed by atoms with E-state index in [1.54, 1.807) is 6.08 Å². The fourth-order valence-corrected chi connectivity index (χ4v) is 8.79. The second-order valence-electron chi connectivity index (χ2n) is 12.4. The van der Waals surface area contributed by atoms with Gasteiger partial charge >= 0.3 is 12.4 Å². The molecule has 0 aliphatic heterocycles. The van der Waals surface area contributed by atoms with Crippen molar-refractivity contribution in [3.05, 3.63) is 46.5 Å². The highest BCUT2D eigenvalue weighted by molar-refractivity contribution is 6.30. The van der Waals surface area contributed by atoms with E-state index in [0.29, 0.717) is 31.4 Å². The highest BCUT2D eigenvalue weighted by atomic mass is 35.5. The number of carbonyl (C=O) groups excluding carboxylic acids is 2. The summed E-state index contributed by atoms with van der Waals surface area (Å²) in [6, 6.07) is 3.23. The molecular weight excluding hydrogens is 544 g/mol. The van der Waals surface area contributed by atoms with Crippen LogP contribution in [0.3, 0.4) is 0 Å². The van der Waals surface area contributed by atoms with Crippen LogP contribution >= 0.6 is 11.6 Å². The van der Waals surface area contributed by atoms with Crippen LogP contribution in [0.4, 0.5) is 26.3 Å². The first kappa shape index (κ1) is 28.5. The summed E-state index contributed by atoms with van der Waals surface area (Å²) in [6.45, 7) is 4.06. The van der Waals surface area contributed by atoms with Gasteiger partial charge in [0.1, 0.15) is 0 Å². The lowest BCUT2D eigenvalue weighted by Gasteiger charge is -2.58. The van der Waals surface area contributed by atoms with Gasteiger partial charge in [-0.1, -0.05) is 43.2 Å². The minimum atomic E-state index is -5.84. The molecule has 39 heavy (non-hydrogen) atoms. The van der Waals surface area contributed by atoms with Crippen LogP contribution in [-0.2, 0) is 15.1 Å². The molecule has 0 saturated heterocycles. The van der Waals surface area contributed by atoms with Crippen LogP contribution in [0.1, 0.15) is 70.8 Å². The summed E-state index contributed by atoms with van der Waals surface area (Å²) < 4.78 is 86.3. The molecule has 1 aromatic carbocycles. The molecular formula is C29H32ClF6NO2. The van der Waals surface area contributed by atoms with Gasteiger partial charge in [0.05, 0.1) is 0 Å². The summed E-state index contributed by atoms with van der Waals surface area (Å²) in [5, 5.41) is 1.48. The molecule has 10 heteroatoms. The topological polar surface area (TPSA) is 46.2 Å². The molecule has 1 amide bonds. The van der Waals surface area contributed by atoms with Crippen LogP contribution in [0.15, 0.2) is 35.9 Å². The van der Waals surface area contributed by atoms with E-state index in [1.165, 1.54) is 10.9 Å². The molecule has 0 aromatic heterocycles. The third-order valence-electron chi connectivity index (χ3n) is 10.7. The van der Waals surface area contributed by atoms with Gasteiger partial charge in [0.25, 0.3) is 5.54 Å². The van der Waals surface area contributed by atoms with E-state index < -0.39 is 40.7 Å². The van der Waals surface area contributed by atoms with Crippen LogP contribution in [0.25, 0.3) is 0 Å². The maximum Gasteiger partial charge on any atom is 0.424 e. The summed E-state index contributed by atoms with van der Waals surface area (Å²) in [5.74, 6) is -1.54. The first-order valence-corrected chi connectivity index (χ1v) is 13.9. The molecule has 1 N–H and O–H groups in total. The van der Waals surface area contributed by atoms with Gasteiger partial charge in [-0.3, -0.25) is 9.59 Å². The normalized spacial score (nSPS) is 35.0. The number of ketones is 1. The van der Waals surface area contributed by atoms with Crippen LogP contribution in [0.5, 0.6) is 0 Å². The minimum absolute atomic E-state index is 0.0182. The monoisotopic (exact) mass is 575 g/mol. The van der Waals surface area contributed by atoms with E-state index in [-0.39, 0.29) is 40.4 Å². The number of halogens is 7. The fraction of sp³-hybridized carbons (Fsp3) is 0.655. The summed E-state index contributed by atoms with van der Waals surface area (Å²) in [7, 11) is 0. The van der Waals surface area contributed by atoms with E-state index in [1.807, 2.05) is 6.92 Å². The predicted octanol–water partition coefficient (Wildman–Crippen LogP) is 7.92. The number of fused-ring (bicyclic) bond motifs is 5. The van der Waals surface area contributed by atoms with Crippen LogP contribution in [0, 0.1) is 34.5 Å². The molecule has 3 saturated carbocycles. The molecule has 214 valence electrons. The van der Waals surface area contributed by atoms with Crippen molar-refractivity contribution < 1.29 is 35.9 Å². The number of alkyl halides is 6. The van der Waals surface area contributed by atoms with E-state index in [0.717, 1.165) is 37.8 Å². The fourth-order valence-electron chi connectivity index (χ4n) is 8.66. The molecule has 0 unspecified atom stereocenters. The number of carbonyl (C=O) groups is 2. The van der Waals surface area contributed by atoms with E-state index in [9.17, 15) is 35.9 Å². The van der Waals surface area contributed by atoms with Crippen molar-refractivity contribution in [2.75, 3.05) is 0 Å². The minimum Gasteiger partial charge on any atom is -0.331 e. The number of nitrogens with one attached hydrogen (secondary N) is 1. The van der Waals surface area contributed by atoms with Crippen molar-refractivity contribution in [3.8, 4) is 0 Å². The molecule has 0 bridgehead atoms. The molecule has 3 nitrogen and oxygen atoms in total. The van der Waals surface area contributed by atoms with Gasteiger partial charge in [-0.25, -0.2) is 0 Å². The maximum atomic E-state index is 14.4. The number of allylic oxidation sites excluding steroid dienone is 1. The SMILES string of the molecule is C[C@]12CC[C@H]3[C@@H](CCC4=CC(=O)CC[C@@]43C)[C@@H]1CC[C@@H]2C(=O)NC(c1ccc(Cl)cc1)(C(F)(F)F)C(F)(F)F. The summed E-state index contributed by atoms with van der Waals surface area (Å²) in [5.41, 5.74) is -5.36. The molecule has 5 rings (SSSR count). The number of hydrogen-bond acceptors (Lipinski definition) is 2. The van der Waals surface area contributed by atoms with Crippen molar-refractivity contribution in [1.29, 1.82) is 0 Å². The number of amides is 1. The lowest BCUT2D eigenvalue weighted by Crippen LogP contribution is -2.66. The van der Waals surface area contributed by atoms with Crippen molar-refractivity contribution in [2.24, 2.45) is 34.5 Å². The highest BCUT2D eigenvalue weighted by Gasteiger charge is 2.73. The zero-order chi connectivity index (χ0) is 28.6. The molecule has 6 atom stereocenters. The first-order chi connectivity index (χ1) is 18.0. The van der Waals surface area contributed by atoms with Crippen molar-refractivity contribution in [3.63, 3.8) is 0 Å². The van der Waals surface area contributed by atoms with Gasteiger partial charge < -0.3 is 5.32 Å². The Morgan fingerprint density at radius 2 is 1.54 bits per heavy atom. The van der Waals surface area contributed by atoms with Crippen molar-refractivity contribution >= 4 is 23.3 Å². The van der Waals surface area contributed by atoms with Gasteiger partial charge in [-0.2, -0.15) is 26.3 Å². The highest BCUT2D eigenvalue weighted by Crippen LogP contribution is 2.67.